The molecule has 0 aliphatic carbocycles. The molecule has 1 amide bonds. The van der Waals surface area contributed by atoms with Gasteiger partial charge < -0.3 is 19.7 Å². The van der Waals surface area contributed by atoms with Gasteiger partial charge in [-0.25, -0.2) is 0 Å². The Morgan fingerprint density at radius 3 is 2.68 bits per heavy atom. The molecule has 1 fully saturated rings. The molecule has 1 aliphatic rings. The number of likely N-dealkylation sites (tertiary alicyclic amines) is 1. The molecule has 0 aromatic heterocycles. The standard InChI is InChI=1S/C17H22N2O4S2/c1-12(16(21)18-13-7-3-4-8-14(13)22-2)23-15(20)11-25-17(24)19-9-5-6-10-19/h3-4,7-8,12H,5-6,9-11H2,1-2H3,(H,18,21)/t12-/m1/s1. The summed E-state index contributed by atoms with van der Waals surface area (Å²) in [6, 6.07) is 7.04. The summed E-state index contributed by atoms with van der Waals surface area (Å²) in [7, 11) is 1.52. The maximum Gasteiger partial charge on any atom is 0.317 e. The molecule has 0 unspecified atom stereocenters. The summed E-state index contributed by atoms with van der Waals surface area (Å²) >= 11 is 6.58. The number of thiocarbonyl (C=S) groups is 1. The van der Waals surface area contributed by atoms with Gasteiger partial charge in [0.1, 0.15) is 10.1 Å². The molecule has 0 bridgehead atoms. The second-order valence-corrected chi connectivity index (χ2v) is 7.18. The molecule has 0 saturated carbocycles. The summed E-state index contributed by atoms with van der Waals surface area (Å²) in [5.41, 5.74) is 0.530. The van der Waals surface area contributed by atoms with Crippen LogP contribution in [0.2, 0.25) is 0 Å². The zero-order valence-electron chi connectivity index (χ0n) is 14.3. The summed E-state index contributed by atoms with van der Waals surface area (Å²) in [5.74, 6) is -0.234. The SMILES string of the molecule is COc1ccccc1NC(=O)[C@@H](C)OC(=O)CSC(=S)N1CCCC1. The number of nitrogens with one attached hydrogen (secondary N) is 1. The smallest absolute Gasteiger partial charge is 0.317 e. The Kier molecular flexibility index (Phi) is 7.52. The summed E-state index contributed by atoms with van der Waals surface area (Å²) in [4.78, 5) is 26.2. The summed E-state index contributed by atoms with van der Waals surface area (Å²) < 4.78 is 11.1. The fourth-order valence-electron chi connectivity index (χ4n) is 2.38. The number of carbonyl (C=O) groups excluding carboxylic acids is 2. The largest absolute Gasteiger partial charge is 0.495 e. The van der Waals surface area contributed by atoms with Crippen molar-refractivity contribution in [2.75, 3.05) is 31.3 Å². The van der Waals surface area contributed by atoms with Crippen LogP contribution in [-0.4, -0.2) is 53.2 Å². The van der Waals surface area contributed by atoms with Crippen LogP contribution in [0.4, 0.5) is 5.69 Å². The van der Waals surface area contributed by atoms with Gasteiger partial charge in [0, 0.05) is 13.1 Å². The number of amides is 1. The average molecular weight is 383 g/mol. The first-order valence-electron chi connectivity index (χ1n) is 8.06. The molecule has 136 valence electrons. The highest BCUT2D eigenvalue weighted by Crippen LogP contribution is 2.23. The Bertz CT molecular complexity index is 633. The van der Waals surface area contributed by atoms with Gasteiger partial charge in [-0.1, -0.05) is 36.1 Å². The number of methoxy groups -OCH3 is 1. The van der Waals surface area contributed by atoms with Crippen LogP contribution in [0.5, 0.6) is 5.75 Å². The number of anilines is 1. The fraction of sp³-hybridized carbons (Fsp3) is 0.471. The maximum atomic E-state index is 12.2. The third kappa shape index (κ3) is 5.89. The molecule has 6 nitrogen and oxygen atoms in total. The first kappa shape index (κ1) is 19.5. The van der Waals surface area contributed by atoms with Gasteiger partial charge in [-0.2, -0.15) is 0 Å². The normalized spacial score (nSPS) is 14.7. The summed E-state index contributed by atoms with van der Waals surface area (Å²) in [6.45, 7) is 3.42. The number of hydrogen-bond acceptors (Lipinski definition) is 6. The second-order valence-electron chi connectivity index (χ2n) is 5.57. The van der Waals surface area contributed by atoms with Gasteiger partial charge in [0.15, 0.2) is 6.10 Å². The van der Waals surface area contributed by atoms with E-state index >= 15 is 0 Å². The Labute approximate surface area is 157 Å². The number of rotatable bonds is 6. The molecule has 25 heavy (non-hydrogen) atoms. The van der Waals surface area contributed by atoms with Crippen LogP contribution in [-0.2, 0) is 14.3 Å². The molecule has 1 N–H and O–H groups in total. The van der Waals surface area contributed by atoms with Crippen LogP contribution in [0.15, 0.2) is 24.3 Å². The van der Waals surface area contributed by atoms with Gasteiger partial charge in [0.2, 0.25) is 0 Å². The molecular formula is C17H22N2O4S2. The second kappa shape index (κ2) is 9.62. The lowest BCUT2D eigenvalue weighted by atomic mass is 10.2. The van der Waals surface area contributed by atoms with Crippen molar-refractivity contribution in [1.82, 2.24) is 4.90 Å². The quantitative estimate of drug-likeness (QED) is 0.599. The van der Waals surface area contributed by atoms with E-state index in [0.29, 0.717) is 15.8 Å². The summed E-state index contributed by atoms with van der Waals surface area (Å²) in [6.07, 6.45) is 1.36. The highest BCUT2D eigenvalue weighted by Gasteiger charge is 2.21. The average Bonchev–Trinajstić information content (AvgIpc) is 3.14. The first-order valence-corrected chi connectivity index (χ1v) is 9.45. The lowest BCUT2D eigenvalue weighted by Gasteiger charge is -2.18. The molecule has 1 atom stereocenters. The van der Waals surface area contributed by atoms with E-state index in [1.165, 1.54) is 25.8 Å². The van der Waals surface area contributed by atoms with Crippen molar-refractivity contribution < 1.29 is 19.1 Å². The lowest BCUT2D eigenvalue weighted by molar-refractivity contribution is -0.150. The highest BCUT2D eigenvalue weighted by atomic mass is 32.2. The number of hydrogen-bond donors (Lipinski definition) is 1. The molecule has 1 heterocycles. The van der Waals surface area contributed by atoms with Crippen LogP contribution >= 0.6 is 24.0 Å². The van der Waals surface area contributed by atoms with E-state index in [2.05, 4.69) is 10.2 Å². The Balaban J connectivity index is 1.77. The molecule has 2 rings (SSSR count). The predicted octanol–water partition coefficient (Wildman–Crippen LogP) is 2.68. The van der Waals surface area contributed by atoms with Crippen molar-refractivity contribution >= 4 is 45.9 Å². The molecule has 0 radical (unpaired) electrons. The predicted molar refractivity (Wildman–Crippen MR) is 103 cm³/mol. The topological polar surface area (TPSA) is 67.9 Å². The van der Waals surface area contributed by atoms with Gasteiger partial charge in [0.25, 0.3) is 5.91 Å². The zero-order valence-corrected chi connectivity index (χ0v) is 16.0. The monoisotopic (exact) mass is 382 g/mol. The molecule has 8 heteroatoms. The van der Waals surface area contributed by atoms with Gasteiger partial charge in [-0.15, -0.1) is 0 Å². The Morgan fingerprint density at radius 2 is 2.00 bits per heavy atom. The van der Waals surface area contributed by atoms with E-state index in [0.717, 1.165) is 25.9 Å². The number of nitrogens with zero attached hydrogens (tertiary/aromatic N) is 1. The lowest BCUT2D eigenvalue weighted by Crippen LogP contribution is -2.31. The van der Waals surface area contributed by atoms with Crippen LogP contribution in [0.3, 0.4) is 0 Å². The van der Waals surface area contributed by atoms with Crippen LogP contribution < -0.4 is 10.1 Å². The first-order chi connectivity index (χ1) is 12.0. The van der Waals surface area contributed by atoms with E-state index in [1.54, 1.807) is 24.3 Å². The van der Waals surface area contributed by atoms with Crippen LogP contribution in [0, 0.1) is 0 Å². The zero-order chi connectivity index (χ0) is 18.2. The molecule has 0 spiro atoms. The third-order valence-corrected chi connectivity index (χ3v) is 5.22. The molecule has 1 aliphatic heterocycles. The van der Waals surface area contributed by atoms with Gasteiger partial charge in [0.05, 0.1) is 18.6 Å². The van der Waals surface area contributed by atoms with E-state index < -0.39 is 18.0 Å². The minimum atomic E-state index is -0.904. The van der Waals surface area contributed by atoms with E-state index in [1.807, 2.05) is 0 Å². The van der Waals surface area contributed by atoms with E-state index in [4.69, 9.17) is 21.7 Å². The minimum Gasteiger partial charge on any atom is -0.495 e. The van der Waals surface area contributed by atoms with Crippen LogP contribution in [0.1, 0.15) is 19.8 Å². The molecular weight excluding hydrogens is 360 g/mol. The number of para-hydroxylation sites is 2. The maximum absolute atomic E-state index is 12.2. The van der Waals surface area contributed by atoms with Gasteiger partial charge >= 0.3 is 5.97 Å². The Morgan fingerprint density at radius 1 is 1.32 bits per heavy atom. The van der Waals surface area contributed by atoms with Crippen LogP contribution in [0.25, 0.3) is 0 Å². The summed E-state index contributed by atoms with van der Waals surface area (Å²) in [5, 5.41) is 2.69. The van der Waals surface area contributed by atoms with Gasteiger partial charge in [-0.3, -0.25) is 9.59 Å². The van der Waals surface area contributed by atoms with Crippen molar-refractivity contribution in [2.45, 2.75) is 25.9 Å². The fourth-order valence-corrected chi connectivity index (χ4v) is 3.41. The van der Waals surface area contributed by atoms with Crippen molar-refractivity contribution in [1.29, 1.82) is 0 Å². The number of carbonyl (C=O) groups is 2. The van der Waals surface area contributed by atoms with E-state index in [-0.39, 0.29) is 5.75 Å². The Hall–Kier alpha value is -1.80. The minimum absolute atomic E-state index is 0.0988. The number of esters is 1. The van der Waals surface area contributed by atoms with E-state index in [9.17, 15) is 9.59 Å². The molecule has 1 saturated heterocycles. The third-order valence-electron chi connectivity index (χ3n) is 3.72. The number of benzene rings is 1. The van der Waals surface area contributed by atoms with Crippen molar-refractivity contribution in [3.63, 3.8) is 0 Å². The van der Waals surface area contributed by atoms with Crippen molar-refractivity contribution in [3.05, 3.63) is 24.3 Å². The molecule has 1 aromatic carbocycles. The van der Waals surface area contributed by atoms with Gasteiger partial charge in [-0.05, 0) is 31.9 Å². The molecule has 1 aromatic rings. The van der Waals surface area contributed by atoms with Crippen molar-refractivity contribution in [2.24, 2.45) is 0 Å². The highest BCUT2D eigenvalue weighted by molar-refractivity contribution is 8.23. The number of ether oxygens (including phenoxy) is 2. The number of thioether (sulfide) groups is 1. The van der Waals surface area contributed by atoms with Crippen molar-refractivity contribution in [3.8, 4) is 5.75 Å².